The van der Waals surface area contributed by atoms with Gasteiger partial charge in [0.25, 0.3) is 0 Å². The van der Waals surface area contributed by atoms with E-state index in [0.29, 0.717) is 71.1 Å². The molecule has 142 heavy (non-hydrogen) atoms. The lowest BCUT2D eigenvalue weighted by molar-refractivity contribution is -0.557. The molecule has 1 aliphatic heterocycles. The summed E-state index contributed by atoms with van der Waals surface area (Å²) in [5.41, 5.74) is 22.9. The van der Waals surface area contributed by atoms with Gasteiger partial charge in [0.2, 0.25) is 16.8 Å². The zero-order valence-electron chi connectivity index (χ0n) is 94.7. The smallest absolute Gasteiger partial charge is 0.247 e. The van der Waals surface area contributed by atoms with Crippen LogP contribution in [-0.2, 0) is 43.8 Å². The Morgan fingerprint density at radius 2 is 1.01 bits per heavy atom. The number of H-pyrrole nitrogens is 6. The molecule has 778 valence electrons. The number of terminal acetylenes is 1. The van der Waals surface area contributed by atoms with Gasteiger partial charge in [-0.15, -0.1) is 12.8 Å². The van der Waals surface area contributed by atoms with Crippen LogP contribution in [0.5, 0.6) is 0 Å². The van der Waals surface area contributed by atoms with Crippen LogP contribution < -0.4 is 16.2 Å². The van der Waals surface area contributed by atoms with Gasteiger partial charge in [0, 0.05) is 150 Å². The summed E-state index contributed by atoms with van der Waals surface area (Å²) >= 11 is 0. The zero-order valence-corrected chi connectivity index (χ0v) is 94.7. The van der Waals surface area contributed by atoms with Crippen molar-refractivity contribution in [2.75, 3.05) is 0 Å². The quantitative estimate of drug-likeness (QED) is 0.0500. The Hall–Kier alpha value is -12.3. The van der Waals surface area contributed by atoms with Gasteiger partial charge in [-0.1, -0.05) is 267 Å². The molecule has 0 unspecified atom stereocenters. The average molecular weight is 1950 g/mol. The molecule has 0 spiro atoms. The third-order valence-corrected chi connectivity index (χ3v) is 22.0. The number of hydrogen-bond donors (Lipinski definition) is 5. The van der Waals surface area contributed by atoms with Gasteiger partial charge in [0.1, 0.15) is 11.6 Å². The Balaban J connectivity index is 0.000000764. The van der Waals surface area contributed by atoms with Crippen LogP contribution in [0.4, 0.5) is 4.39 Å². The number of halogens is 1. The number of aromatic nitrogens is 20. The Morgan fingerprint density at radius 3 is 1.30 bits per heavy atom. The van der Waals surface area contributed by atoms with Crippen molar-refractivity contribution in [3.05, 3.63) is 318 Å². The number of aryl methyl sites for hydroxylation is 8. The summed E-state index contributed by atoms with van der Waals surface area (Å²) in [6, 6.07) is 37.3. The fraction of sp³-hybridized carbons (Fsp3) is 0.521. The predicted octanol–water partition coefficient (Wildman–Crippen LogP) is 27.5. The lowest BCUT2D eigenvalue weighted by atomic mass is 9.88. The van der Waals surface area contributed by atoms with Crippen molar-refractivity contribution in [2.24, 2.45) is 32.2 Å². The van der Waals surface area contributed by atoms with E-state index in [1.807, 2.05) is 153 Å². The predicted molar refractivity (Wildman–Crippen MR) is 593 cm³/mol. The third-order valence-electron chi connectivity index (χ3n) is 22.0. The molecule has 25 heteroatoms. The maximum atomic E-state index is 12.4. The number of hydrazone groups is 1. The van der Waals surface area contributed by atoms with Crippen LogP contribution in [-0.4, -0.2) is 117 Å². The largest absolute Gasteiger partial charge is 0.338 e. The highest BCUT2D eigenvalue weighted by Gasteiger charge is 2.26. The Labute approximate surface area is 854 Å². The fourth-order valence-corrected chi connectivity index (χ4v) is 12.1. The molecule has 13 aromatic rings. The molecule has 1 saturated carbocycles. The Morgan fingerprint density at radius 1 is 0.479 bits per heavy atom. The van der Waals surface area contributed by atoms with Crippen molar-refractivity contribution in [3.8, 4) is 12.8 Å². The van der Waals surface area contributed by atoms with Gasteiger partial charge < -0.3 is 14.5 Å². The molecule has 0 aromatic carbocycles. The highest BCUT2D eigenvalue weighted by atomic mass is 19.1. The van der Waals surface area contributed by atoms with Crippen molar-refractivity contribution in [2.45, 2.75) is 376 Å². The van der Waals surface area contributed by atoms with Crippen LogP contribution in [0.15, 0.2) is 198 Å². The summed E-state index contributed by atoms with van der Waals surface area (Å²) in [7, 11) is 5.84. The molecule has 15 rings (SSSR count). The van der Waals surface area contributed by atoms with Gasteiger partial charge in [0.05, 0.1) is 53.8 Å². The summed E-state index contributed by atoms with van der Waals surface area (Å²) in [6.45, 7) is 80.9. The van der Waals surface area contributed by atoms with Crippen LogP contribution in [0.3, 0.4) is 0 Å². The van der Waals surface area contributed by atoms with Crippen LogP contribution in [0.1, 0.15) is 427 Å². The fourth-order valence-electron chi connectivity index (χ4n) is 12.1. The summed E-state index contributed by atoms with van der Waals surface area (Å²) in [4.78, 5) is 53.2. The van der Waals surface area contributed by atoms with E-state index in [4.69, 9.17) is 0 Å². The number of aromatic amines is 6. The molecule has 14 heterocycles. The van der Waals surface area contributed by atoms with Gasteiger partial charge in [0.15, 0.2) is 18.5 Å². The lowest BCUT2D eigenvalue weighted by Crippen LogP contribution is -2.13. The molecule has 13 aromatic heterocycles. The minimum Gasteiger partial charge on any atom is -0.338 e. The molecule has 0 radical (unpaired) electrons. The summed E-state index contributed by atoms with van der Waals surface area (Å²) in [5.74, 6) is 7.54. The van der Waals surface area contributed by atoms with Crippen molar-refractivity contribution in [1.82, 2.24) is 94.7 Å². The second kappa shape index (κ2) is 65.7. The summed E-state index contributed by atoms with van der Waals surface area (Å²) in [6.07, 6.45) is 35.0. The number of nitrogens with zero attached hydrogens (tertiary/aromatic N) is 16. The molecule has 0 saturated heterocycles. The van der Waals surface area contributed by atoms with Crippen molar-refractivity contribution in [1.29, 1.82) is 0 Å². The minimum atomic E-state index is -0.280. The van der Waals surface area contributed by atoms with Crippen LogP contribution in [0.25, 0.3) is 0 Å². The highest BCUT2D eigenvalue weighted by Crippen LogP contribution is 2.39. The standard InChI is InChI=1S/C9H12FN.C9H14N2.C9H17N2.C9H16N2.3C9H13N.C8H14N2.2C8H11NO.C8H11N.2C7H12N2.C6H11N3.C2H2/c1-9(2,3)8-5-4-7(10)6-11-8;1-6(2)8-5-9(11-10-8)7-3-4-7;1-7(2)9-5-6-11(10-9)8(3)4;1-5-7-6-8(11-10-7)9(2,3)4;1-7(2)9-5-4-8(3)10-6-9;1-9(2,3)8-5-4-6-10-7-8;1-7(2)9-8(3)5-4-6-10-9;1-6(2)8-5-10(4)7(3)9-8;2*1-6(2)7-3-4-8(10)9-5-7;1-7(2)8-5-3-4-6-9-8;1-6(2)7-4-5-9(3)8-7;1-5(2)7-4-6(3)8-9-7;1-5(2)6-4-7-9(3)8-6;1-2/h4-6H,1-3H3;5-7H,3-4H2,1-2H3,(H,10,11);6-8H,5H2,1-4H3;6H,5H2,1-4H3,(H,10,11);3*4-7H,1-3H3;5-6H,1-4H3;2*3-6H,1-2H3,(H,9,10);3-7H,1-2H3;4-6H,1-3H3;4-5H,1-3H3,(H,8,9);4-5H,1-3H3;1-2H/q;;+1;;;;;;;;;;;;/p+1. The van der Waals surface area contributed by atoms with Crippen LogP contribution in [0, 0.1) is 52.3 Å². The highest BCUT2D eigenvalue weighted by molar-refractivity contribution is 5.97. The molecule has 24 nitrogen and oxygen atoms in total. The van der Waals surface area contributed by atoms with Gasteiger partial charge in [-0.05, 0) is 225 Å². The van der Waals surface area contributed by atoms with E-state index in [0.717, 1.165) is 70.1 Å². The van der Waals surface area contributed by atoms with Gasteiger partial charge in [-0.3, -0.25) is 54.5 Å². The molecule has 0 amide bonds. The maximum Gasteiger partial charge on any atom is 0.247 e. The van der Waals surface area contributed by atoms with E-state index < -0.39 is 0 Å². The number of rotatable bonds is 14. The molecule has 1 aliphatic carbocycles. The summed E-state index contributed by atoms with van der Waals surface area (Å²) < 4.78 is 18.3. The van der Waals surface area contributed by atoms with Crippen molar-refractivity contribution < 1.29 is 14.2 Å². The number of imidazole rings is 1. The summed E-state index contributed by atoms with van der Waals surface area (Å²) in [5, 5.41) is 37.4. The molecule has 0 bridgehead atoms. The first-order chi connectivity index (χ1) is 66.3. The first-order valence-corrected chi connectivity index (χ1v) is 50.5. The van der Waals surface area contributed by atoms with Gasteiger partial charge >= 0.3 is 0 Å². The molecule has 6 N–H and O–H groups in total. The van der Waals surface area contributed by atoms with Gasteiger partial charge in [-0.25, -0.2) is 9.37 Å². The second-order valence-electron chi connectivity index (χ2n) is 42.4. The van der Waals surface area contributed by atoms with E-state index in [-0.39, 0.29) is 33.2 Å². The maximum absolute atomic E-state index is 12.4. The lowest BCUT2D eigenvalue weighted by Gasteiger charge is -2.17. The average Bonchev–Trinajstić information content (AvgIpc) is 1.70. The SMILES string of the molecule is C#C.CC(C)(C)c1ccc(F)cn1.CC(C)(C)c1cccnc1.CC(C)C1=N[N+](C(C)C)=CC1.CC(C)c1c[nH+]n(C)n1.CC(C)c1cc(C2CC2)[nH]n1.CC(C)c1ccc(=O)[nH]c1.CC(C)c1ccc(=O)[nH]c1.CC(C)c1ccccn1.CC(C)c1ccn(C)n1.CCc1cc(C(C)(C)C)n[nH]1.Cc1cc(C(C)C)n[nH]1.Cc1ccc(C(C)C)cn1.Cc1cccnc1C(C)C.Cc1nc(C(C)C)cn1C. The molecule has 2 aliphatic rings. The number of pyridine rings is 7. The first-order valence-electron chi connectivity index (χ1n) is 50.5. The molecule has 0 atom stereocenters. The van der Waals surface area contributed by atoms with Gasteiger partial charge in [-0.2, -0.15) is 25.5 Å². The number of nitrogens with one attached hydrogen (secondary N) is 6. The number of hydrogen-bond acceptors (Lipinski definition) is 14. The van der Waals surface area contributed by atoms with Crippen molar-refractivity contribution in [3.63, 3.8) is 0 Å². The molecular weight excluding hydrogens is 1760 g/mol. The Kier molecular flexibility index (Phi) is 59.1. The van der Waals surface area contributed by atoms with Crippen molar-refractivity contribution >= 4 is 11.9 Å². The molecule has 1 fully saturated rings. The van der Waals surface area contributed by atoms with E-state index >= 15 is 0 Å². The van der Waals surface area contributed by atoms with E-state index in [2.05, 4.69) is 389 Å². The van der Waals surface area contributed by atoms with E-state index in [9.17, 15) is 14.0 Å². The minimum absolute atomic E-state index is 0.00764. The second-order valence-corrected chi connectivity index (χ2v) is 42.4. The topological polar surface area (TPSA) is 299 Å². The third kappa shape index (κ3) is 53.5. The van der Waals surface area contributed by atoms with Crippen LogP contribution >= 0.6 is 0 Å². The molecular formula is C117H183FN22O2+2. The van der Waals surface area contributed by atoms with E-state index in [1.54, 1.807) is 41.6 Å². The first kappa shape index (κ1) is 128. The monoisotopic (exact) mass is 1950 g/mol. The van der Waals surface area contributed by atoms with E-state index in [1.165, 1.54) is 87.1 Å². The normalized spacial score (nSPS) is 11.7. The Bertz CT molecular complexity index is 5480. The van der Waals surface area contributed by atoms with Crippen LogP contribution in [0.2, 0.25) is 0 Å². The zero-order chi connectivity index (χ0) is 108.